The minimum atomic E-state index is 0.743. The first kappa shape index (κ1) is 13.0. The summed E-state index contributed by atoms with van der Waals surface area (Å²) in [7, 11) is 0. The van der Waals surface area contributed by atoms with Crippen LogP contribution in [0.2, 0.25) is 5.02 Å². The maximum absolute atomic E-state index is 6.14. The second kappa shape index (κ2) is 5.92. The molecule has 3 heteroatoms. The Balaban J connectivity index is 1.98. The summed E-state index contributed by atoms with van der Waals surface area (Å²) in [5, 5.41) is 4.30. The van der Waals surface area contributed by atoms with Crippen LogP contribution in [0, 0.1) is 12.8 Å². The third kappa shape index (κ3) is 3.49. The fourth-order valence-corrected chi connectivity index (χ4v) is 2.84. The lowest BCUT2D eigenvalue weighted by atomic mass is 9.94. The van der Waals surface area contributed by atoms with Crippen molar-refractivity contribution in [3.63, 3.8) is 0 Å². The van der Waals surface area contributed by atoms with Crippen LogP contribution in [0.1, 0.15) is 24.8 Å². The van der Waals surface area contributed by atoms with Gasteiger partial charge in [0, 0.05) is 21.7 Å². The van der Waals surface area contributed by atoms with Gasteiger partial charge in [0.15, 0.2) is 0 Å². The van der Waals surface area contributed by atoms with Crippen molar-refractivity contribution >= 4 is 33.2 Å². The van der Waals surface area contributed by atoms with E-state index in [0.717, 1.165) is 33.2 Å². The van der Waals surface area contributed by atoms with Crippen molar-refractivity contribution in [3.8, 4) is 0 Å². The van der Waals surface area contributed by atoms with Crippen LogP contribution < -0.4 is 5.32 Å². The van der Waals surface area contributed by atoms with Crippen molar-refractivity contribution in [2.45, 2.75) is 26.2 Å². The van der Waals surface area contributed by atoms with Gasteiger partial charge >= 0.3 is 0 Å². The van der Waals surface area contributed by atoms with Gasteiger partial charge in [0.25, 0.3) is 0 Å². The van der Waals surface area contributed by atoms with E-state index >= 15 is 0 Å². The molecule has 0 saturated heterocycles. The maximum Gasteiger partial charge on any atom is 0.0499 e. The molecule has 0 aliphatic heterocycles. The van der Waals surface area contributed by atoms with Crippen LogP contribution in [0.4, 0.5) is 5.69 Å². The highest BCUT2D eigenvalue weighted by molar-refractivity contribution is 9.10. The third-order valence-electron chi connectivity index (χ3n) is 3.21. The van der Waals surface area contributed by atoms with Crippen molar-refractivity contribution < 1.29 is 0 Å². The number of allylic oxidation sites excluding steroid dienone is 2. The maximum atomic E-state index is 6.14. The molecule has 0 bridgehead atoms. The van der Waals surface area contributed by atoms with Gasteiger partial charge in [-0.15, -0.1) is 0 Å². The fourth-order valence-electron chi connectivity index (χ4n) is 2.08. The first-order valence-electron chi connectivity index (χ1n) is 6.01. The first-order valence-corrected chi connectivity index (χ1v) is 7.18. The van der Waals surface area contributed by atoms with Crippen molar-refractivity contribution in [2.24, 2.45) is 5.92 Å². The van der Waals surface area contributed by atoms with Gasteiger partial charge in [-0.1, -0.05) is 23.8 Å². The summed E-state index contributed by atoms with van der Waals surface area (Å²) in [5.41, 5.74) is 2.19. The number of rotatable bonds is 3. The summed E-state index contributed by atoms with van der Waals surface area (Å²) in [6, 6.07) is 4.06. The molecule has 1 aromatic rings. The third-order valence-corrected chi connectivity index (χ3v) is 4.27. The molecule has 1 aliphatic rings. The Bertz CT molecular complexity index is 428. The Morgan fingerprint density at radius 2 is 2.24 bits per heavy atom. The fraction of sp³-hybridized carbons (Fsp3) is 0.429. The number of halogens is 2. The average Bonchev–Trinajstić information content (AvgIpc) is 2.33. The van der Waals surface area contributed by atoms with Crippen LogP contribution in [-0.2, 0) is 0 Å². The number of nitrogens with one attached hydrogen (secondary N) is 1. The van der Waals surface area contributed by atoms with E-state index in [-0.39, 0.29) is 0 Å². The topological polar surface area (TPSA) is 12.0 Å². The first-order chi connectivity index (χ1) is 8.16. The van der Waals surface area contributed by atoms with Crippen molar-refractivity contribution in [3.05, 3.63) is 39.3 Å². The zero-order chi connectivity index (χ0) is 12.3. The Hall–Kier alpha value is -0.470. The van der Waals surface area contributed by atoms with Crippen molar-refractivity contribution in [1.29, 1.82) is 0 Å². The van der Waals surface area contributed by atoms with Crippen LogP contribution in [0.25, 0.3) is 0 Å². The second-order valence-electron chi connectivity index (χ2n) is 4.61. The van der Waals surface area contributed by atoms with E-state index in [9.17, 15) is 0 Å². The minimum Gasteiger partial charge on any atom is -0.384 e. The molecule has 1 unspecified atom stereocenters. The van der Waals surface area contributed by atoms with Crippen LogP contribution in [0.3, 0.4) is 0 Å². The van der Waals surface area contributed by atoms with Gasteiger partial charge in [-0.2, -0.15) is 0 Å². The van der Waals surface area contributed by atoms with Crippen LogP contribution in [0.15, 0.2) is 28.8 Å². The van der Waals surface area contributed by atoms with E-state index in [2.05, 4.69) is 39.5 Å². The lowest BCUT2D eigenvalue weighted by Crippen LogP contribution is -2.15. The predicted molar refractivity (Wildman–Crippen MR) is 78.9 cm³/mol. The average molecular weight is 315 g/mol. The van der Waals surface area contributed by atoms with Gasteiger partial charge in [-0.3, -0.25) is 0 Å². The molecule has 1 aromatic carbocycles. The van der Waals surface area contributed by atoms with Gasteiger partial charge in [-0.25, -0.2) is 0 Å². The van der Waals surface area contributed by atoms with Crippen LogP contribution >= 0.6 is 27.5 Å². The molecular weight excluding hydrogens is 298 g/mol. The van der Waals surface area contributed by atoms with E-state index in [1.54, 1.807) is 0 Å². The zero-order valence-corrected chi connectivity index (χ0v) is 12.3. The molecule has 1 aliphatic carbocycles. The highest BCUT2D eigenvalue weighted by Gasteiger charge is 2.11. The van der Waals surface area contributed by atoms with Gasteiger partial charge in [0.2, 0.25) is 0 Å². The summed E-state index contributed by atoms with van der Waals surface area (Å²) < 4.78 is 1.09. The van der Waals surface area contributed by atoms with Gasteiger partial charge in [0.05, 0.1) is 0 Å². The summed E-state index contributed by atoms with van der Waals surface area (Å²) >= 11 is 9.71. The number of hydrogen-bond acceptors (Lipinski definition) is 1. The van der Waals surface area contributed by atoms with Crippen molar-refractivity contribution in [1.82, 2.24) is 0 Å². The summed E-state index contributed by atoms with van der Waals surface area (Å²) in [5.74, 6) is 0.743. The zero-order valence-electron chi connectivity index (χ0n) is 9.97. The molecule has 0 fully saturated rings. The normalized spacial score (nSPS) is 19.4. The minimum absolute atomic E-state index is 0.743. The van der Waals surface area contributed by atoms with Crippen LogP contribution in [-0.4, -0.2) is 6.54 Å². The number of benzene rings is 1. The molecule has 0 heterocycles. The van der Waals surface area contributed by atoms with Crippen molar-refractivity contribution in [2.75, 3.05) is 11.9 Å². The molecule has 1 atom stereocenters. The van der Waals surface area contributed by atoms with E-state index in [1.165, 1.54) is 19.3 Å². The Labute approximate surface area is 116 Å². The molecule has 0 spiro atoms. The number of hydrogen-bond donors (Lipinski definition) is 1. The SMILES string of the molecule is Cc1cc(Br)c(NCC2CC=CCC2)cc1Cl. The van der Waals surface area contributed by atoms with E-state index in [1.807, 2.05) is 13.0 Å². The highest BCUT2D eigenvalue weighted by Crippen LogP contribution is 2.30. The largest absolute Gasteiger partial charge is 0.384 e. The quantitative estimate of drug-likeness (QED) is 0.758. The highest BCUT2D eigenvalue weighted by atomic mass is 79.9. The Morgan fingerprint density at radius 3 is 2.94 bits per heavy atom. The summed E-state index contributed by atoms with van der Waals surface area (Å²) in [6.07, 6.45) is 8.23. The molecular formula is C14H17BrClN. The molecule has 1 N–H and O–H groups in total. The summed E-state index contributed by atoms with van der Waals surface area (Å²) in [4.78, 5) is 0. The van der Waals surface area contributed by atoms with E-state index in [4.69, 9.17) is 11.6 Å². The molecule has 17 heavy (non-hydrogen) atoms. The Kier molecular flexibility index (Phi) is 4.52. The molecule has 0 aromatic heterocycles. The molecule has 1 nitrogen and oxygen atoms in total. The smallest absolute Gasteiger partial charge is 0.0499 e. The van der Waals surface area contributed by atoms with Gasteiger partial charge in [-0.05, 0) is 65.7 Å². The van der Waals surface area contributed by atoms with Crippen LogP contribution in [0.5, 0.6) is 0 Å². The number of aryl methyl sites for hydroxylation is 1. The lowest BCUT2D eigenvalue weighted by molar-refractivity contribution is 0.504. The predicted octanol–water partition coefficient (Wildman–Crippen LogP) is 5.18. The molecule has 92 valence electrons. The molecule has 0 amide bonds. The lowest BCUT2D eigenvalue weighted by Gasteiger charge is -2.19. The monoisotopic (exact) mass is 313 g/mol. The molecule has 0 saturated carbocycles. The summed E-state index contributed by atoms with van der Waals surface area (Å²) in [6.45, 7) is 3.03. The molecule has 0 radical (unpaired) electrons. The van der Waals surface area contributed by atoms with Gasteiger partial charge < -0.3 is 5.32 Å². The Morgan fingerprint density at radius 1 is 1.41 bits per heavy atom. The molecule has 2 rings (SSSR count). The van der Waals surface area contributed by atoms with E-state index < -0.39 is 0 Å². The second-order valence-corrected chi connectivity index (χ2v) is 5.87. The standard InChI is InChI=1S/C14H17BrClN/c1-10-7-12(15)14(8-13(10)16)17-9-11-5-3-2-4-6-11/h2-3,7-8,11,17H,4-6,9H2,1H3. The van der Waals surface area contributed by atoms with Gasteiger partial charge in [0.1, 0.15) is 0 Å². The number of anilines is 1. The van der Waals surface area contributed by atoms with E-state index in [0.29, 0.717) is 0 Å².